The lowest BCUT2D eigenvalue weighted by Gasteiger charge is -2.33. The maximum absolute atomic E-state index is 10.4. The number of phenolic OH excluding ortho intramolecular Hbond substituents is 1. The Hall–Kier alpha value is -2.29. The van der Waals surface area contributed by atoms with Gasteiger partial charge in [-0.05, 0) is 41.0 Å². The van der Waals surface area contributed by atoms with E-state index in [1.807, 2.05) is 36.5 Å². The minimum Gasteiger partial charge on any atom is -0.506 e. The van der Waals surface area contributed by atoms with Gasteiger partial charge in [-0.15, -0.1) is 0 Å². The topological polar surface area (TPSA) is 38.0 Å². The van der Waals surface area contributed by atoms with E-state index < -0.39 is 0 Å². The molecule has 1 aromatic heterocycles. The number of aromatic hydroxyl groups is 1. The van der Waals surface area contributed by atoms with Gasteiger partial charge in [0.2, 0.25) is 0 Å². The van der Waals surface area contributed by atoms with Crippen LogP contribution in [0.4, 0.5) is 0 Å². The highest BCUT2D eigenvalue weighted by Gasteiger charge is 2.28. The standard InChI is InChI=1S/C21H26N2O/c1-20(2,3)14-21(4,5)16-10-11-19(24)18(12-16)23-13-15-8-6-7-9-17(15)22-23/h6-13,24H,14H2,1-5H3. The summed E-state index contributed by atoms with van der Waals surface area (Å²) in [6, 6.07) is 13.8. The van der Waals surface area contributed by atoms with Crippen molar-refractivity contribution in [2.45, 2.75) is 46.5 Å². The molecule has 3 aromatic rings. The van der Waals surface area contributed by atoms with Crippen molar-refractivity contribution in [2.24, 2.45) is 5.41 Å². The summed E-state index contributed by atoms with van der Waals surface area (Å²) in [5.74, 6) is 0.248. The van der Waals surface area contributed by atoms with Crippen molar-refractivity contribution in [3.63, 3.8) is 0 Å². The van der Waals surface area contributed by atoms with Crippen molar-refractivity contribution in [2.75, 3.05) is 0 Å². The number of benzene rings is 2. The molecule has 126 valence electrons. The summed E-state index contributed by atoms with van der Waals surface area (Å²) in [7, 11) is 0. The first-order valence-electron chi connectivity index (χ1n) is 8.44. The molecule has 0 aliphatic carbocycles. The molecule has 0 saturated heterocycles. The molecule has 24 heavy (non-hydrogen) atoms. The first-order valence-corrected chi connectivity index (χ1v) is 8.44. The highest BCUT2D eigenvalue weighted by Crippen LogP contribution is 2.38. The van der Waals surface area contributed by atoms with Crippen LogP contribution in [-0.2, 0) is 5.41 Å². The Kier molecular flexibility index (Phi) is 3.90. The average molecular weight is 322 g/mol. The Morgan fingerprint density at radius 2 is 1.71 bits per heavy atom. The van der Waals surface area contributed by atoms with Gasteiger partial charge in [0.15, 0.2) is 0 Å². The third kappa shape index (κ3) is 3.30. The van der Waals surface area contributed by atoms with E-state index in [1.165, 1.54) is 5.56 Å². The van der Waals surface area contributed by atoms with Crippen LogP contribution in [0.3, 0.4) is 0 Å². The highest BCUT2D eigenvalue weighted by atomic mass is 16.3. The molecule has 0 atom stereocenters. The van der Waals surface area contributed by atoms with Gasteiger partial charge in [0.05, 0.1) is 5.52 Å². The molecule has 0 aliphatic heterocycles. The van der Waals surface area contributed by atoms with Crippen LogP contribution >= 0.6 is 0 Å². The monoisotopic (exact) mass is 322 g/mol. The molecule has 0 fully saturated rings. The van der Waals surface area contributed by atoms with Crippen molar-refractivity contribution in [1.82, 2.24) is 9.78 Å². The molecule has 0 bridgehead atoms. The van der Waals surface area contributed by atoms with Gasteiger partial charge in [0.25, 0.3) is 0 Å². The second-order valence-electron chi connectivity index (χ2n) is 8.46. The summed E-state index contributed by atoms with van der Waals surface area (Å²) >= 11 is 0. The van der Waals surface area contributed by atoms with Crippen LogP contribution in [0.25, 0.3) is 16.6 Å². The lowest BCUT2D eigenvalue weighted by atomic mass is 9.72. The number of phenols is 1. The quantitative estimate of drug-likeness (QED) is 0.696. The Balaban J connectivity index is 2.06. The molecule has 0 aliphatic rings. The normalized spacial score (nSPS) is 12.7. The van der Waals surface area contributed by atoms with Crippen LogP contribution in [0, 0.1) is 5.41 Å². The molecule has 0 spiro atoms. The number of hydrogen-bond acceptors (Lipinski definition) is 2. The zero-order valence-electron chi connectivity index (χ0n) is 15.2. The minimum atomic E-state index is 0.0211. The fourth-order valence-electron chi connectivity index (χ4n) is 3.64. The van der Waals surface area contributed by atoms with Crippen molar-refractivity contribution in [3.8, 4) is 11.4 Å². The largest absolute Gasteiger partial charge is 0.506 e. The Morgan fingerprint density at radius 3 is 2.38 bits per heavy atom. The molecule has 2 aromatic carbocycles. The van der Waals surface area contributed by atoms with E-state index in [4.69, 9.17) is 0 Å². The third-order valence-electron chi connectivity index (χ3n) is 4.39. The van der Waals surface area contributed by atoms with E-state index >= 15 is 0 Å². The number of fused-ring (bicyclic) bond motifs is 1. The predicted molar refractivity (Wildman–Crippen MR) is 99.8 cm³/mol. The van der Waals surface area contributed by atoms with E-state index in [0.717, 1.165) is 23.0 Å². The highest BCUT2D eigenvalue weighted by molar-refractivity contribution is 5.78. The van der Waals surface area contributed by atoms with Gasteiger partial charge in [0.1, 0.15) is 11.4 Å². The molecule has 0 saturated carbocycles. The molecule has 3 rings (SSSR count). The zero-order valence-corrected chi connectivity index (χ0v) is 15.2. The summed E-state index contributed by atoms with van der Waals surface area (Å²) in [6.07, 6.45) is 3.02. The van der Waals surface area contributed by atoms with Crippen LogP contribution in [0.1, 0.15) is 46.6 Å². The fourth-order valence-corrected chi connectivity index (χ4v) is 3.64. The Labute approximate surface area is 143 Å². The van der Waals surface area contributed by atoms with E-state index in [0.29, 0.717) is 0 Å². The van der Waals surface area contributed by atoms with E-state index in [-0.39, 0.29) is 16.6 Å². The number of rotatable bonds is 3. The first kappa shape index (κ1) is 16.6. The van der Waals surface area contributed by atoms with Gasteiger partial charge in [-0.3, -0.25) is 0 Å². The number of aromatic nitrogens is 2. The SMILES string of the molecule is CC(C)(C)CC(C)(C)c1ccc(O)c(-n2cc3ccccc3n2)c1. The smallest absolute Gasteiger partial charge is 0.141 e. The molecular weight excluding hydrogens is 296 g/mol. The maximum Gasteiger partial charge on any atom is 0.141 e. The lowest BCUT2D eigenvalue weighted by Crippen LogP contribution is -2.25. The Morgan fingerprint density at radius 1 is 1.00 bits per heavy atom. The molecule has 0 amide bonds. The maximum atomic E-state index is 10.4. The number of nitrogens with zero attached hydrogens (tertiary/aromatic N) is 2. The third-order valence-corrected chi connectivity index (χ3v) is 4.39. The molecular formula is C21H26N2O. The van der Waals surface area contributed by atoms with Crippen LogP contribution in [0.15, 0.2) is 48.7 Å². The van der Waals surface area contributed by atoms with Crippen molar-refractivity contribution >= 4 is 10.9 Å². The van der Waals surface area contributed by atoms with E-state index in [2.05, 4.69) is 45.8 Å². The summed E-state index contributed by atoms with van der Waals surface area (Å²) in [4.78, 5) is 0. The molecule has 0 radical (unpaired) electrons. The van der Waals surface area contributed by atoms with E-state index in [9.17, 15) is 5.11 Å². The summed E-state index contributed by atoms with van der Waals surface area (Å²) in [6.45, 7) is 11.3. The second kappa shape index (κ2) is 5.66. The average Bonchev–Trinajstić information content (AvgIpc) is 2.88. The van der Waals surface area contributed by atoms with Crippen molar-refractivity contribution in [1.29, 1.82) is 0 Å². The molecule has 3 nitrogen and oxygen atoms in total. The van der Waals surface area contributed by atoms with Crippen LogP contribution < -0.4 is 0 Å². The van der Waals surface area contributed by atoms with Crippen molar-refractivity contribution in [3.05, 3.63) is 54.2 Å². The van der Waals surface area contributed by atoms with Crippen molar-refractivity contribution < 1.29 is 5.11 Å². The van der Waals surface area contributed by atoms with Crippen LogP contribution in [-0.4, -0.2) is 14.9 Å². The number of hydrogen-bond donors (Lipinski definition) is 1. The van der Waals surface area contributed by atoms with Crippen LogP contribution in [0.2, 0.25) is 0 Å². The zero-order chi connectivity index (χ0) is 17.5. The summed E-state index contributed by atoms with van der Waals surface area (Å²) in [5, 5.41) is 16.0. The predicted octanol–water partition coefficient (Wildman–Crippen LogP) is 5.44. The van der Waals surface area contributed by atoms with Gasteiger partial charge < -0.3 is 5.11 Å². The molecule has 1 heterocycles. The van der Waals surface area contributed by atoms with E-state index in [1.54, 1.807) is 10.7 Å². The first-order chi connectivity index (χ1) is 11.2. The fraction of sp³-hybridized carbons (Fsp3) is 0.381. The van der Waals surface area contributed by atoms with Gasteiger partial charge in [0, 0.05) is 11.6 Å². The second-order valence-corrected chi connectivity index (χ2v) is 8.46. The van der Waals surface area contributed by atoms with Gasteiger partial charge in [-0.2, -0.15) is 5.10 Å². The minimum absolute atomic E-state index is 0.0211. The van der Waals surface area contributed by atoms with Gasteiger partial charge >= 0.3 is 0 Å². The molecule has 1 N–H and O–H groups in total. The molecule has 3 heteroatoms. The van der Waals surface area contributed by atoms with Crippen LogP contribution in [0.5, 0.6) is 5.75 Å². The summed E-state index contributed by atoms with van der Waals surface area (Å²) in [5.41, 5.74) is 3.13. The summed E-state index contributed by atoms with van der Waals surface area (Å²) < 4.78 is 1.77. The lowest BCUT2D eigenvalue weighted by molar-refractivity contribution is 0.284. The molecule has 0 unspecified atom stereocenters. The van der Waals surface area contributed by atoms with Gasteiger partial charge in [-0.1, -0.05) is 58.9 Å². The Bertz CT molecular complexity index is 836. The van der Waals surface area contributed by atoms with Gasteiger partial charge in [-0.25, -0.2) is 4.68 Å².